The van der Waals surface area contributed by atoms with Crippen LogP contribution in [0.25, 0.3) is 0 Å². The number of hydrogen-bond acceptors (Lipinski definition) is 8. The lowest BCUT2D eigenvalue weighted by atomic mass is 10.1. The molecule has 10 nitrogen and oxygen atoms in total. The highest BCUT2D eigenvalue weighted by Crippen LogP contribution is 2.25. The summed E-state index contributed by atoms with van der Waals surface area (Å²) in [6, 6.07) is 11.7. The van der Waals surface area contributed by atoms with Gasteiger partial charge in [-0.25, -0.2) is 0 Å². The number of piperazine rings is 1. The Morgan fingerprint density at radius 3 is 2.36 bits per heavy atom. The number of nitrogens with zero attached hydrogens (tertiary/aromatic N) is 3. The Labute approximate surface area is 212 Å². The Bertz CT molecular complexity index is 938. The van der Waals surface area contributed by atoms with Gasteiger partial charge in [-0.2, -0.15) is 0 Å². The van der Waals surface area contributed by atoms with E-state index < -0.39 is 11.8 Å². The highest BCUT2D eigenvalue weighted by Gasteiger charge is 2.28. The highest BCUT2D eigenvalue weighted by atomic mass is 16.5. The molecule has 1 atom stereocenters. The number of methoxy groups -OCH3 is 1. The number of anilines is 1. The van der Waals surface area contributed by atoms with E-state index in [1.165, 1.54) is 0 Å². The first-order valence-corrected chi connectivity index (χ1v) is 12.7. The zero-order valence-corrected chi connectivity index (χ0v) is 21.0. The molecule has 3 heterocycles. The minimum absolute atomic E-state index is 0.143. The first-order chi connectivity index (χ1) is 17.6. The summed E-state index contributed by atoms with van der Waals surface area (Å²) in [5, 5.41) is 5.54. The van der Waals surface area contributed by atoms with Crippen LogP contribution in [0.2, 0.25) is 0 Å². The average molecular weight is 500 g/mol. The standard InChI is InChI=1S/C26H37N5O5/c1-34-22-7-5-21(6-8-22)30-11-13-31(14-12-30)23(24-4-2-17-36-24)20-28-26(33)25(32)27-9-3-10-29-15-18-35-19-16-29/h2,4-8,17,23H,3,9-16,18-20H2,1H3,(H,27,32)(H,28,33)/t23-/m0/s1. The van der Waals surface area contributed by atoms with E-state index in [9.17, 15) is 9.59 Å². The zero-order valence-electron chi connectivity index (χ0n) is 21.0. The SMILES string of the molecule is COc1ccc(N2CCN([C@@H](CNC(=O)C(=O)NCCCN3CCOCC3)c3ccco3)CC2)cc1. The molecule has 2 fully saturated rings. The van der Waals surface area contributed by atoms with E-state index in [1.54, 1.807) is 13.4 Å². The molecule has 2 amide bonds. The van der Waals surface area contributed by atoms with Crippen LogP contribution >= 0.6 is 0 Å². The minimum Gasteiger partial charge on any atom is -0.497 e. The van der Waals surface area contributed by atoms with Crippen LogP contribution in [-0.4, -0.2) is 101 Å². The van der Waals surface area contributed by atoms with Gasteiger partial charge in [0.05, 0.1) is 32.6 Å². The van der Waals surface area contributed by atoms with Crippen LogP contribution in [0.15, 0.2) is 47.1 Å². The van der Waals surface area contributed by atoms with E-state index >= 15 is 0 Å². The molecule has 4 rings (SSSR count). The second-order valence-electron chi connectivity index (χ2n) is 9.03. The van der Waals surface area contributed by atoms with Crippen molar-refractivity contribution in [3.63, 3.8) is 0 Å². The number of carbonyl (C=O) groups excluding carboxylic acids is 2. The van der Waals surface area contributed by atoms with Crippen molar-refractivity contribution in [2.24, 2.45) is 0 Å². The number of carbonyl (C=O) groups is 2. The quantitative estimate of drug-likeness (QED) is 0.371. The molecule has 36 heavy (non-hydrogen) atoms. The summed E-state index contributed by atoms with van der Waals surface area (Å²) < 4.78 is 16.3. The molecule has 1 aromatic carbocycles. The minimum atomic E-state index is -0.616. The fourth-order valence-corrected chi connectivity index (χ4v) is 4.65. The van der Waals surface area contributed by atoms with Crippen molar-refractivity contribution < 1.29 is 23.5 Å². The summed E-state index contributed by atoms with van der Waals surface area (Å²) in [5.41, 5.74) is 1.16. The van der Waals surface area contributed by atoms with Gasteiger partial charge < -0.3 is 29.4 Å². The zero-order chi connectivity index (χ0) is 25.2. The van der Waals surface area contributed by atoms with Crippen molar-refractivity contribution in [3.05, 3.63) is 48.4 Å². The number of nitrogens with one attached hydrogen (secondary N) is 2. The fourth-order valence-electron chi connectivity index (χ4n) is 4.65. The second-order valence-corrected chi connectivity index (χ2v) is 9.03. The first kappa shape index (κ1) is 26.0. The normalized spacial score (nSPS) is 18.0. The van der Waals surface area contributed by atoms with Crippen LogP contribution in [0.4, 0.5) is 5.69 Å². The molecule has 2 aliphatic heterocycles. The molecule has 0 spiro atoms. The third kappa shape index (κ3) is 7.22. The molecular formula is C26H37N5O5. The Balaban J connectivity index is 1.23. The average Bonchev–Trinajstić information content (AvgIpc) is 3.47. The molecule has 1 aromatic heterocycles. The van der Waals surface area contributed by atoms with Gasteiger partial charge in [-0.05, 0) is 49.4 Å². The van der Waals surface area contributed by atoms with Crippen LogP contribution in [0.5, 0.6) is 5.75 Å². The number of amides is 2. The first-order valence-electron chi connectivity index (χ1n) is 12.7. The molecule has 0 aliphatic carbocycles. The van der Waals surface area contributed by atoms with E-state index in [-0.39, 0.29) is 6.04 Å². The smallest absolute Gasteiger partial charge is 0.309 e. The third-order valence-corrected chi connectivity index (χ3v) is 6.77. The molecule has 196 valence electrons. The van der Waals surface area contributed by atoms with E-state index in [1.807, 2.05) is 24.3 Å². The molecule has 0 saturated carbocycles. The van der Waals surface area contributed by atoms with Crippen molar-refractivity contribution in [1.82, 2.24) is 20.4 Å². The lowest BCUT2D eigenvalue weighted by Gasteiger charge is -2.39. The molecule has 0 unspecified atom stereocenters. The molecule has 10 heteroatoms. The summed E-state index contributed by atoms with van der Waals surface area (Å²) in [4.78, 5) is 31.7. The Hall–Kier alpha value is -3.08. The highest BCUT2D eigenvalue weighted by molar-refractivity contribution is 6.35. The molecule has 2 aliphatic rings. The Morgan fingerprint density at radius 2 is 1.69 bits per heavy atom. The maximum atomic E-state index is 12.5. The molecule has 2 aromatic rings. The number of ether oxygens (including phenoxy) is 2. The molecule has 0 bridgehead atoms. The van der Waals surface area contributed by atoms with Gasteiger partial charge >= 0.3 is 11.8 Å². The van der Waals surface area contributed by atoms with Gasteiger partial charge in [-0.3, -0.25) is 19.4 Å². The number of hydrogen-bond donors (Lipinski definition) is 2. The largest absolute Gasteiger partial charge is 0.497 e. The Kier molecular flexibility index (Phi) is 9.60. The van der Waals surface area contributed by atoms with Crippen LogP contribution in [0, 0.1) is 0 Å². The number of morpholine rings is 1. The van der Waals surface area contributed by atoms with E-state index in [0.29, 0.717) is 13.1 Å². The maximum absolute atomic E-state index is 12.5. The van der Waals surface area contributed by atoms with Gasteiger partial charge in [-0.15, -0.1) is 0 Å². The lowest BCUT2D eigenvalue weighted by molar-refractivity contribution is -0.139. The summed E-state index contributed by atoms with van der Waals surface area (Å²) in [5.74, 6) is 0.403. The lowest BCUT2D eigenvalue weighted by Crippen LogP contribution is -2.50. The van der Waals surface area contributed by atoms with Crippen molar-refractivity contribution in [1.29, 1.82) is 0 Å². The van der Waals surface area contributed by atoms with Gasteiger partial charge in [0.15, 0.2) is 0 Å². The van der Waals surface area contributed by atoms with Gasteiger partial charge in [0, 0.05) is 58.0 Å². The molecule has 2 saturated heterocycles. The van der Waals surface area contributed by atoms with Crippen LogP contribution in [0.3, 0.4) is 0 Å². The number of benzene rings is 1. The van der Waals surface area contributed by atoms with Crippen LogP contribution in [-0.2, 0) is 14.3 Å². The predicted molar refractivity (Wildman–Crippen MR) is 136 cm³/mol. The van der Waals surface area contributed by atoms with Crippen molar-refractivity contribution in [2.75, 3.05) is 84.1 Å². The van der Waals surface area contributed by atoms with Crippen molar-refractivity contribution in [3.8, 4) is 5.75 Å². The second kappa shape index (κ2) is 13.3. The fraction of sp³-hybridized carbons (Fsp3) is 0.538. The van der Waals surface area contributed by atoms with E-state index in [4.69, 9.17) is 13.9 Å². The molecular weight excluding hydrogens is 462 g/mol. The van der Waals surface area contributed by atoms with Crippen molar-refractivity contribution >= 4 is 17.5 Å². The third-order valence-electron chi connectivity index (χ3n) is 6.77. The van der Waals surface area contributed by atoms with Crippen LogP contribution in [0.1, 0.15) is 18.2 Å². The summed E-state index contributed by atoms with van der Waals surface area (Å²) in [7, 11) is 1.66. The summed E-state index contributed by atoms with van der Waals surface area (Å²) >= 11 is 0. The van der Waals surface area contributed by atoms with Gasteiger partial charge in [0.25, 0.3) is 0 Å². The molecule has 2 N–H and O–H groups in total. The number of rotatable bonds is 10. The topological polar surface area (TPSA) is 99.5 Å². The predicted octanol–water partition coefficient (Wildman–Crippen LogP) is 1.11. The van der Waals surface area contributed by atoms with E-state index in [0.717, 1.165) is 82.6 Å². The monoisotopic (exact) mass is 499 g/mol. The van der Waals surface area contributed by atoms with Crippen molar-refractivity contribution in [2.45, 2.75) is 12.5 Å². The number of furan rings is 1. The van der Waals surface area contributed by atoms with Crippen LogP contribution < -0.4 is 20.3 Å². The Morgan fingerprint density at radius 1 is 0.972 bits per heavy atom. The summed E-state index contributed by atoms with van der Waals surface area (Å²) in [6.07, 6.45) is 2.44. The maximum Gasteiger partial charge on any atom is 0.309 e. The van der Waals surface area contributed by atoms with Gasteiger partial charge in [-0.1, -0.05) is 0 Å². The van der Waals surface area contributed by atoms with E-state index in [2.05, 4.69) is 37.5 Å². The van der Waals surface area contributed by atoms with Gasteiger partial charge in [0.2, 0.25) is 0 Å². The van der Waals surface area contributed by atoms with Gasteiger partial charge in [0.1, 0.15) is 11.5 Å². The molecule has 0 radical (unpaired) electrons. The summed E-state index contributed by atoms with van der Waals surface area (Å²) in [6.45, 7) is 8.30.